The number of aryl methyl sites for hydroxylation is 2. The van der Waals surface area contributed by atoms with Gasteiger partial charge in [0, 0.05) is 29.9 Å². The topological polar surface area (TPSA) is 124 Å². The van der Waals surface area contributed by atoms with Crippen LogP contribution in [0.4, 0.5) is 0 Å². The summed E-state index contributed by atoms with van der Waals surface area (Å²) in [7, 11) is 0. The van der Waals surface area contributed by atoms with Crippen LogP contribution >= 0.6 is 22.9 Å². The molecule has 44 heavy (non-hydrogen) atoms. The summed E-state index contributed by atoms with van der Waals surface area (Å²) in [6, 6.07) is 12.8. The van der Waals surface area contributed by atoms with Crippen molar-refractivity contribution in [2.75, 3.05) is 0 Å². The third-order valence-corrected chi connectivity index (χ3v) is 9.24. The Morgan fingerprint density at radius 2 is 1.77 bits per heavy atom. The zero-order valence-electron chi connectivity index (χ0n) is 24.4. The summed E-state index contributed by atoms with van der Waals surface area (Å²) in [4.78, 5) is 52.2. The van der Waals surface area contributed by atoms with E-state index in [9.17, 15) is 14.4 Å². The first-order valence-electron chi connectivity index (χ1n) is 14.6. The van der Waals surface area contributed by atoms with E-state index in [0.717, 1.165) is 47.4 Å². The number of carbonyl (C=O) groups is 2. The Hall–Kier alpha value is -4.35. The predicted octanol–water partition coefficient (Wildman–Crippen LogP) is 5.23. The quantitative estimate of drug-likeness (QED) is 0.242. The Balaban J connectivity index is 1.13. The van der Waals surface area contributed by atoms with Crippen LogP contribution in [0.15, 0.2) is 65.0 Å². The Morgan fingerprint density at radius 3 is 2.48 bits per heavy atom. The Bertz CT molecular complexity index is 1890. The zero-order chi connectivity index (χ0) is 30.8. The van der Waals surface area contributed by atoms with Crippen molar-refractivity contribution >= 4 is 45.8 Å². The van der Waals surface area contributed by atoms with Gasteiger partial charge in [0.25, 0.3) is 11.8 Å². The maximum atomic E-state index is 13.8. The van der Waals surface area contributed by atoms with Gasteiger partial charge in [0.05, 0.1) is 45.7 Å². The summed E-state index contributed by atoms with van der Waals surface area (Å²) in [5.74, 6) is -0.169. The minimum Gasteiger partial charge on any atom is -0.349 e. The number of nitrogens with zero attached hydrogens (tertiary/aromatic N) is 5. The molecule has 1 saturated carbocycles. The Kier molecular flexibility index (Phi) is 8.58. The summed E-state index contributed by atoms with van der Waals surface area (Å²) < 4.78 is 3.48. The van der Waals surface area contributed by atoms with Crippen molar-refractivity contribution in [3.63, 3.8) is 0 Å². The average Bonchev–Trinajstić information content (AvgIpc) is 3.57. The summed E-state index contributed by atoms with van der Waals surface area (Å²) >= 11 is 7.55. The summed E-state index contributed by atoms with van der Waals surface area (Å²) in [6.07, 6.45) is 6.52. The van der Waals surface area contributed by atoms with Crippen LogP contribution in [0.3, 0.4) is 0 Å². The van der Waals surface area contributed by atoms with E-state index in [-0.39, 0.29) is 29.2 Å². The Morgan fingerprint density at radius 1 is 1.00 bits per heavy atom. The van der Waals surface area contributed by atoms with Crippen molar-refractivity contribution in [2.45, 2.75) is 58.7 Å². The number of fused-ring (bicyclic) bond motifs is 1. The number of halogens is 1. The molecule has 4 heterocycles. The molecule has 0 atom stereocenters. The molecule has 1 aliphatic carbocycles. The molecule has 10 nitrogen and oxygen atoms in total. The molecule has 0 saturated heterocycles. The SMILES string of the molecule is Cc1csc(CNC(=O)c2ccc(-n3c(=O)n(CC4CCC(NC(=O)c5cc(Cl)cnc5C)CC4)c4ccccc43)cn2)n1. The first-order chi connectivity index (χ1) is 21.3. The van der Waals surface area contributed by atoms with Crippen LogP contribution in [0.1, 0.15) is 62.9 Å². The second-order valence-electron chi connectivity index (χ2n) is 11.2. The number of hydrogen-bond donors (Lipinski definition) is 2. The van der Waals surface area contributed by atoms with Gasteiger partial charge in [0.1, 0.15) is 10.7 Å². The van der Waals surface area contributed by atoms with Crippen LogP contribution in [0.25, 0.3) is 16.7 Å². The molecule has 1 fully saturated rings. The molecular formula is C32H32ClN7O3S. The maximum absolute atomic E-state index is 13.8. The number of rotatable bonds is 8. The molecule has 6 rings (SSSR count). The molecular weight excluding hydrogens is 598 g/mol. The highest BCUT2D eigenvalue weighted by molar-refractivity contribution is 7.09. The van der Waals surface area contributed by atoms with Gasteiger partial charge >= 0.3 is 5.69 Å². The molecule has 5 aromatic rings. The number of benzene rings is 1. The monoisotopic (exact) mass is 629 g/mol. The van der Waals surface area contributed by atoms with E-state index in [0.29, 0.717) is 41.0 Å². The maximum Gasteiger partial charge on any atom is 0.333 e. The fourth-order valence-corrected chi connectivity index (χ4v) is 6.63. The lowest BCUT2D eigenvalue weighted by molar-refractivity contribution is 0.0917. The van der Waals surface area contributed by atoms with Gasteiger partial charge in [-0.15, -0.1) is 11.3 Å². The number of pyridine rings is 2. The molecule has 0 spiro atoms. The largest absolute Gasteiger partial charge is 0.349 e. The number of aromatic nitrogens is 5. The standard InChI is InChI=1S/C32H32ClN7O3S/c1-19-18-44-29(37-19)16-36-31(42)26-12-11-24(15-35-26)40-28-6-4-3-5-27(28)39(32(40)43)17-21-7-9-23(10-8-21)38-30(41)25-13-22(33)14-34-20(25)2/h3-6,11-15,18,21,23H,7-10,16-17H2,1-2H3,(H,36,42)(H,38,41). The molecule has 226 valence electrons. The second-order valence-corrected chi connectivity index (χ2v) is 12.5. The number of nitrogens with one attached hydrogen (secondary N) is 2. The third-order valence-electron chi connectivity index (χ3n) is 8.06. The summed E-state index contributed by atoms with van der Waals surface area (Å²) in [6.45, 7) is 4.62. The summed E-state index contributed by atoms with van der Waals surface area (Å²) in [5, 5.41) is 9.19. The fourth-order valence-electron chi connectivity index (χ4n) is 5.77. The Labute approximate surface area is 263 Å². The molecule has 0 aliphatic heterocycles. The third kappa shape index (κ3) is 6.29. The van der Waals surface area contributed by atoms with Crippen LogP contribution in [0.2, 0.25) is 5.02 Å². The van der Waals surface area contributed by atoms with Crippen LogP contribution in [-0.2, 0) is 13.1 Å². The second kappa shape index (κ2) is 12.7. The molecule has 1 aromatic carbocycles. The highest BCUT2D eigenvalue weighted by Crippen LogP contribution is 2.28. The van der Waals surface area contributed by atoms with Gasteiger partial charge in [-0.1, -0.05) is 23.7 Å². The van der Waals surface area contributed by atoms with E-state index in [1.165, 1.54) is 17.5 Å². The van der Waals surface area contributed by atoms with Crippen molar-refractivity contribution in [3.8, 4) is 5.69 Å². The van der Waals surface area contributed by atoms with Crippen LogP contribution in [0, 0.1) is 19.8 Å². The van der Waals surface area contributed by atoms with Gasteiger partial charge in [-0.05, 0) is 75.8 Å². The first kappa shape index (κ1) is 29.7. The van der Waals surface area contributed by atoms with Gasteiger partial charge in [0.15, 0.2) is 0 Å². The van der Waals surface area contributed by atoms with E-state index < -0.39 is 0 Å². The molecule has 0 unspecified atom stereocenters. The van der Waals surface area contributed by atoms with Gasteiger partial charge in [-0.2, -0.15) is 0 Å². The van der Waals surface area contributed by atoms with Gasteiger partial charge in [-0.25, -0.2) is 14.8 Å². The smallest absolute Gasteiger partial charge is 0.333 e. The van der Waals surface area contributed by atoms with Gasteiger partial charge in [0.2, 0.25) is 0 Å². The lowest BCUT2D eigenvalue weighted by Gasteiger charge is -2.29. The highest BCUT2D eigenvalue weighted by Gasteiger charge is 2.26. The summed E-state index contributed by atoms with van der Waals surface area (Å²) in [5.41, 5.74) is 4.39. The van der Waals surface area contributed by atoms with E-state index >= 15 is 0 Å². The number of thiazole rings is 1. The molecule has 4 aromatic heterocycles. The highest BCUT2D eigenvalue weighted by atomic mass is 35.5. The van der Waals surface area contributed by atoms with E-state index in [2.05, 4.69) is 25.6 Å². The number of amides is 2. The van der Waals surface area contributed by atoms with Crippen molar-refractivity contribution in [1.29, 1.82) is 0 Å². The zero-order valence-corrected chi connectivity index (χ0v) is 26.0. The number of imidazole rings is 1. The molecule has 2 N–H and O–H groups in total. The van der Waals surface area contributed by atoms with Crippen LogP contribution in [-0.4, -0.2) is 41.9 Å². The first-order valence-corrected chi connectivity index (χ1v) is 15.8. The molecule has 0 bridgehead atoms. The van der Waals surface area contributed by atoms with Crippen molar-refractivity contribution in [2.24, 2.45) is 5.92 Å². The fraction of sp³-hybridized carbons (Fsp3) is 0.312. The average molecular weight is 630 g/mol. The van der Waals surface area contributed by atoms with Gasteiger partial charge < -0.3 is 10.6 Å². The van der Waals surface area contributed by atoms with E-state index in [1.54, 1.807) is 35.9 Å². The molecule has 2 amide bonds. The van der Waals surface area contributed by atoms with Crippen LogP contribution < -0.4 is 16.3 Å². The normalized spacial score (nSPS) is 16.6. The minimum absolute atomic E-state index is 0.0580. The van der Waals surface area contributed by atoms with E-state index in [4.69, 9.17) is 11.6 Å². The molecule has 0 radical (unpaired) electrons. The van der Waals surface area contributed by atoms with Crippen LogP contribution in [0.5, 0.6) is 0 Å². The molecule has 1 aliphatic rings. The lowest BCUT2D eigenvalue weighted by Crippen LogP contribution is -2.39. The van der Waals surface area contributed by atoms with E-state index in [1.807, 2.05) is 41.1 Å². The van der Waals surface area contributed by atoms with Crippen molar-refractivity contribution in [1.82, 2.24) is 34.7 Å². The number of hydrogen-bond acceptors (Lipinski definition) is 7. The van der Waals surface area contributed by atoms with Gasteiger partial charge in [-0.3, -0.25) is 23.7 Å². The number of carbonyl (C=O) groups excluding carboxylic acids is 2. The van der Waals surface area contributed by atoms with Crippen molar-refractivity contribution < 1.29 is 9.59 Å². The number of para-hydroxylation sites is 2. The lowest BCUT2D eigenvalue weighted by atomic mass is 9.85. The van der Waals surface area contributed by atoms with Crippen molar-refractivity contribution in [3.05, 3.63) is 103 Å². The predicted molar refractivity (Wildman–Crippen MR) is 171 cm³/mol. The molecule has 12 heteroatoms. The minimum atomic E-state index is -0.301.